The number of furan rings is 1. The number of hydrogen-bond donors (Lipinski definition) is 3. The third-order valence-corrected chi connectivity index (χ3v) is 5.40. The topological polar surface area (TPSA) is 106 Å². The zero-order chi connectivity index (χ0) is 22.2. The molecule has 0 aliphatic rings. The number of aromatic nitrogens is 2. The zero-order valence-corrected chi connectivity index (χ0v) is 17.6. The Labute approximate surface area is 184 Å². The predicted octanol–water partition coefficient (Wildman–Crippen LogP) is 5.57. The molecule has 2 aromatic carbocycles. The first kappa shape index (κ1) is 19.6. The van der Waals surface area contributed by atoms with Crippen LogP contribution >= 0.6 is 0 Å². The monoisotopic (exact) mass is 423 g/mol. The molecule has 0 aliphatic carbocycles. The Kier molecular flexibility index (Phi) is 4.71. The van der Waals surface area contributed by atoms with E-state index in [0.717, 1.165) is 33.1 Å². The molecule has 0 atom stereocenters. The van der Waals surface area contributed by atoms with Gasteiger partial charge >= 0.3 is 0 Å². The van der Waals surface area contributed by atoms with Crippen LogP contribution < -0.4 is 16.4 Å². The van der Waals surface area contributed by atoms with Crippen molar-refractivity contribution >= 4 is 50.5 Å². The summed E-state index contributed by atoms with van der Waals surface area (Å²) in [7, 11) is 0. The van der Waals surface area contributed by atoms with Crippen LogP contribution in [-0.2, 0) is 0 Å². The van der Waals surface area contributed by atoms with Gasteiger partial charge in [0.1, 0.15) is 17.3 Å². The van der Waals surface area contributed by atoms with Gasteiger partial charge in [-0.25, -0.2) is 4.98 Å². The molecule has 7 nitrogen and oxygen atoms in total. The molecule has 0 radical (unpaired) electrons. The second kappa shape index (κ2) is 7.70. The lowest BCUT2D eigenvalue weighted by Gasteiger charge is -2.14. The lowest BCUT2D eigenvalue weighted by atomic mass is 10.1. The number of carbonyl (C=O) groups excluding carboxylic acids is 1. The van der Waals surface area contributed by atoms with Gasteiger partial charge in [-0.1, -0.05) is 24.3 Å². The van der Waals surface area contributed by atoms with Crippen LogP contribution in [0.1, 0.15) is 21.9 Å². The summed E-state index contributed by atoms with van der Waals surface area (Å²) in [5.41, 5.74) is 9.73. The van der Waals surface area contributed by atoms with Gasteiger partial charge in [-0.2, -0.15) is 0 Å². The molecule has 0 unspecified atom stereocenters. The maximum absolute atomic E-state index is 12.8. The van der Waals surface area contributed by atoms with Crippen molar-refractivity contribution in [1.29, 1.82) is 0 Å². The number of nitrogens with zero attached hydrogens (tertiary/aromatic N) is 2. The number of anilines is 4. The van der Waals surface area contributed by atoms with Gasteiger partial charge in [-0.05, 0) is 44.2 Å². The number of aryl methyl sites for hydroxylation is 2. The molecule has 7 heteroatoms. The summed E-state index contributed by atoms with van der Waals surface area (Å²) in [6, 6.07) is 17.1. The summed E-state index contributed by atoms with van der Waals surface area (Å²) in [4.78, 5) is 21.6. The fraction of sp³-hybridized carbons (Fsp3) is 0.0800. The standard InChI is InChI=1S/C25H21N5O2/c1-14-13-19(15(2)32-14)25(31)30-24-17-5-4-8-21(16(17)9-11-28-24)29-22-10-12-27-23-18(22)6-3-7-20(23)26/h3-13H,26H2,1-2H3,(H,27,29)(H,28,30,31). The highest BCUT2D eigenvalue weighted by Crippen LogP contribution is 2.33. The fourth-order valence-electron chi connectivity index (χ4n) is 3.90. The minimum Gasteiger partial charge on any atom is -0.466 e. The Morgan fingerprint density at radius 2 is 1.66 bits per heavy atom. The van der Waals surface area contributed by atoms with Crippen molar-refractivity contribution < 1.29 is 9.21 Å². The number of fused-ring (bicyclic) bond motifs is 2. The number of para-hydroxylation sites is 1. The first-order valence-electron chi connectivity index (χ1n) is 10.2. The van der Waals surface area contributed by atoms with E-state index in [1.54, 1.807) is 25.4 Å². The van der Waals surface area contributed by atoms with E-state index >= 15 is 0 Å². The highest BCUT2D eigenvalue weighted by Gasteiger charge is 2.16. The maximum Gasteiger partial charge on any atom is 0.260 e. The molecule has 0 saturated carbocycles. The van der Waals surface area contributed by atoms with Crippen LogP contribution in [0.4, 0.5) is 22.9 Å². The van der Waals surface area contributed by atoms with E-state index < -0.39 is 0 Å². The predicted molar refractivity (Wildman–Crippen MR) is 127 cm³/mol. The Morgan fingerprint density at radius 3 is 2.47 bits per heavy atom. The molecule has 0 bridgehead atoms. The number of nitrogens with two attached hydrogens (primary N) is 1. The minimum atomic E-state index is -0.256. The highest BCUT2D eigenvalue weighted by atomic mass is 16.3. The fourth-order valence-corrected chi connectivity index (χ4v) is 3.90. The molecule has 158 valence electrons. The first-order chi connectivity index (χ1) is 15.5. The molecule has 0 spiro atoms. The molecule has 4 N–H and O–H groups in total. The number of amides is 1. The van der Waals surface area contributed by atoms with E-state index in [2.05, 4.69) is 20.6 Å². The number of nitrogen functional groups attached to an aromatic ring is 1. The second-order valence-electron chi connectivity index (χ2n) is 7.57. The molecule has 5 rings (SSSR count). The Morgan fingerprint density at radius 1 is 0.906 bits per heavy atom. The summed E-state index contributed by atoms with van der Waals surface area (Å²) >= 11 is 0. The van der Waals surface area contributed by atoms with Crippen LogP contribution in [0.15, 0.2) is 71.4 Å². The van der Waals surface area contributed by atoms with Crippen molar-refractivity contribution in [3.8, 4) is 0 Å². The zero-order valence-electron chi connectivity index (χ0n) is 17.6. The summed E-state index contributed by atoms with van der Waals surface area (Å²) in [5.74, 6) is 1.49. The lowest BCUT2D eigenvalue weighted by Crippen LogP contribution is -2.13. The van der Waals surface area contributed by atoms with Gasteiger partial charge in [0.2, 0.25) is 0 Å². The van der Waals surface area contributed by atoms with Crippen molar-refractivity contribution in [3.63, 3.8) is 0 Å². The number of pyridine rings is 2. The minimum absolute atomic E-state index is 0.256. The average Bonchev–Trinajstić information content (AvgIpc) is 3.13. The van der Waals surface area contributed by atoms with E-state index in [1.807, 2.05) is 55.5 Å². The van der Waals surface area contributed by atoms with Crippen molar-refractivity contribution in [2.24, 2.45) is 0 Å². The van der Waals surface area contributed by atoms with E-state index in [1.165, 1.54) is 0 Å². The van der Waals surface area contributed by atoms with Crippen LogP contribution in [0.3, 0.4) is 0 Å². The largest absolute Gasteiger partial charge is 0.466 e. The van der Waals surface area contributed by atoms with Crippen LogP contribution in [0.25, 0.3) is 21.7 Å². The second-order valence-corrected chi connectivity index (χ2v) is 7.57. The maximum atomic E-state index is 12.8. The Balaban J connectivity index is 1.54. The third-order valence-electron chi connectivity index (χ3n) is 5.40. The van der Waals surface area contributed by atoms with Gasteiger partial charge < -0.3 is 20.8 Å². The molecule has 1 amide bonds. The van der Waals surface area contributed by atoms with E-state index in [0.29, 0.717) is 28.6 Å². The molecule has 32 heavy (non-hydrogen) atoms. The molecule has 0 aliphatic heterocycles. The molecule has 0 fully saturated rings. The molecular weight excluding hydrogens is 402 g/mol. The Bertz CT molecular complexity index is 1490. The van der Waals surface area contributed by atoms with Crippen LogP contribution in [-0.4, -0.2) is 15.9 Å². The normalized spacial score (nSPS) is 11.1. The number of hydrogen-bond acceptors (Lipinski definition) is 6. The molecule has 3 aromatic heterocycles. The van der Waals surface area contributed by atoms with E-state index in [4.69, 9.17) is 10.2 Å². The van der Waals surface area contributed by atoms with E-state index in [9.17, 15) is 4.79 Å². The molecule has 0 saturated heterocycles. The highest BCUT2D eigenvalue weighted by molar-refractivity contribution is 6.11. The number of rotatable bonds is 4. The van der Waals surface area contributed by atoms with Gasteiger partial charge in [0.25, 0.3) is 5.91 Å². The molecular formula is C25H21N5O2. The summed E-state index contributed by atoms with van der Waals surface area (Å²) in [6.07, 6.45) is 3.41. The van der Waals surface area contributed by atoms with E-state index in [-0.39, 0.29) is 5.91 Å². The van der Waals surface area contributed by atoms with Gasteiger partial charge in [0, 0.05) is 39.9 Å². The lowest BCUT2D eigenvalue weighted by molar-refractivity contribution is 0.102. The van der Waals surface area contributed by atoms with Gasteiger partial charge in [0.15, 0.2) is 0 Å². The van der Waals surface area contributed by atoms with Gasteiger partial charge in [-0.15, -0.1) is 0 Å². The Hall–Kier alpha value is -4.39. The average molecular weight is 423 g/mol. The van der Waals surface area contributed by atoms with Crippen molar-refractivity contribution in [2.45, 2.75) is 13.8 Å². The summed E-state index contributed by atoms with van der Waals surface area (Å²) < 4.78 is 5.48. The number of carbonyl (C=O) groups is 1. The van der Waals surface area contributed by atoms with Crippen LogP contribution in [0.5, 0.6) is 0 Å². The third kappa shape index (κ3) is 3.39. The summed E-state index contributed by atoms with van der Waals surface area (Å²) in [5, 5.41) is 9.08. The van der Waals surface area contributed by atoms with Crippen molar-refractivity contribution in [1.82, 2.24) is 9.97 Å². The number of nitrogens with one attached hydrogen (secondary N) is 2. The molecule has 3 heterocycles. The van der Waals surface area contributed by atoms with Crippen LogP contribution in [0.2, 0.25) is 0 Å². The summed E-state index contributed by atoms with van der Waals surface area (Å²) in [6.45, 7) is 3.58. The molecule has 5 aromatic rings. The van der Waals surface area contributed by atoms with Crippen LogP contribution in [0, 0.1) is 13.8 Å². The van der Waals surface area contributed by atoms with Crippen molar-refractivity contribution in [2.75, 3.05) is 16.4 Å². The smallest absolute Gasteiger partial charge is 0.260 e. The van der Waals surface area contributed by atoms with Gasteiger partial charge in [0.05, 0.1) is 16.8 Å². The number of benzene rings is 2. The van der Waals surface area contributed by atoms with Crippen molar-refractivity contribution in [3.05, 3.63) is 84.1 Å². The first-order valence-corrected chi connectivity index (χ1v) is 10.2. The quantitative estimate of drug-likeness (QED) is 0.326. The van der Waals surface area contributed by atoms with Gasteiger partial charge in [-0.3, -0.25) is 9.78 Å². The SMILES string of the molecule is Cc1cc(C(=O)Nc2nccc3c(Nc4ccnc5c(N)cccc45)cccc23)c(C)o1.